The molecule has 0 aliphatic carbocycles. The molecular formula is C12H18N4O. The second-order valence-electron chi connectivity index (χ2n) is 4.07. The van der Waals surface area contributed by atoms with Gasteiger partial charge in [-0.15, -0.1) is 0 Å². The quantitative estimate of drug-likeness (QED) is 0.879. The van der Waals surface area contributed by atoms with Crippen LogP contribution in [0.1, 0.15) is 18.4 Å². The Labute approximate surface area is 101 Å². The minimum atomic E-state index is 0.683. The van der Waals surface area contributed by atoms with Crippen LogP contribution in [0.3, 0.4) is 0 Å². The lowest BCUT2D eigenvalue weighted by Gasteiger charge is -2.19. The van der Waals surface area contributed by atoms with E-state index in [1.165, 1.54) is 0 Å². The van der Waals surface area contributed by atoms with E-state index in [2.05, 4.69) is 16.9 Å². The van der Waals surface area contributed by atoms with Crippen LogP contribution < -0.4 is 10.6 Å². The first-order valence-corrected chi connectivity index (χ1v) is 5.69. The van der Waals surface area contributed by atoms with E-state index in [-0.39, 0.29) is 0 Å². The third-order valence-electron chi connectivity index (χ3n) is 2.78. The largest absolute Gasteiger partial charge is 0.467 e. The van der Waals surface area contributed by atoms with Crippen molar-refractivity contribution < 1.29 is 4.42 Å². The molecule has 2 N–H and O–H groups in total. The lowest BCUT2D eigenvalue weighted by molar-refractivity contribution is 0.504. The standard InChI is InChI=1S/C12H18N4O/c1-4-16-12(11(13)9(2)14-16)15(3)8-10-6-5-7-17-10/h5-7H,4,8,13H2,1-3H3. The van der Waals surface area contributed by atoms with E-state index < -0.39 is 0 Å². The summed E-state index contributed by atoms with van der Waals surface area (Å²) in [7, 11) is 1.99. The van der Waals surface area contributed by atoms with Gasteiger partial charge in [0, 0.05) is 13.6 Å². The van der Waals surface area contributed by atoms with Crippen molar-refractivity contribution in [2.45, 2.75) is 26.9 Å². The van der Waals surface area contributed by atoms with E-state index in [0.29, 0.717) is 6.54 Å². The van der Waals surface area contributed by atoms with E-state index in [4.69, 9.17) is 10.2 Å². The van der Waals surface area contributed by atoms with Crippen molar-refractivity contribution in [1.29, 1.82) is 0 Å². The van der Waals surface area contributed by atoms with Gasteiger partial charge >= 0.3 is 0 Å². The Kier molecular flexibility index (Phi) is 3.08. The number of aryl methyl sites for hydroxylation is 2. The molecule has 2 aromatic rings. The fraction of sp³-hybridized carbons (Fsp3) is 0.417. The first kappa shape index (κ1) is 11.6. The summed E-state index contributed by atoms with van der Waals surface area (Å²) in [5, 5.41) is 4.40. The molecule has 0 amide bonds. The molecular weight excluding hydrogens is 216 g/mol. The summed E-state index contributed by atoms with van der Waals surface area (Å²) in [5.41, 5.74) is 7.66. The van der Waals surface area contributed by atoms with Gasteiger partial charge in [0.2, 0.25) is 0 Å². The summed E-state index contributed by atoms with van der Waals surface area (Å²) < 4.78 is 7.24. The predicted octanol–water partition coefficient (Wildman–Crippen LogP) is 2.02. The molecule has 17 heavy (non-hydrogen) atoms. The van der Waals surface area contributed by atoms with Gasteiger partial charge in [0.1, 0.15) is 5.76 Å². The third kappa shape index (κ3) is 2.13. The number of nitrogens with zero attached hydrogens (tertiary/aromatic N) is 3. The first-order valence-electron chi connectivity index (χ1n) is 5.69. The Hall–Kier alpha value is -1.91. The number of nitrogen functional groups attached to an aromatic ring is 1. The van der Waals surface area contributed by atoms with Crippen molar-refractivity contribution in [2.75, 3.05) is 17.7 Å². The number of hydrogen-bond donors (Lipinski definition) is 1. The molecule has 0 atom stereocenters. The molecule has 2 aromatic heterocycles. The number of hydrogen-bond acceptors (Lipinski definition) is 4. The molecule has 0 spiro atoms. The number of anilines is 2. The lowest BCUT2D eigenvalue weighted by atomic mass is 10.3. The van der Waals surface area contributed by atoms with Crippen LogP contribution in [0.5, 0.6) is 0 Å². The van der Waals surface area contributed by atoms with Crippen LogP contribution in [-0.2, 0) is 13.1 Å². The normalized spacial score (nSPS) is 10.8. The molecule has 0 radical (unpaired) electrons. The molecule has 2 heterocycles. The maximum Gasteiger partial charge on any atom is 0.150 e. The summed E-state index contributed by atoms with van der Waals surface area (Å²) in [4.78, 5) is 2.05. The fourth-order valence-electron chi connectivity index (χ4n) is 1.92. The van der Waals surface area contributed by atoms with Crippen LogP contribution in [0.25, 0.3) is 0 Å². The van der Waals surface area contributed by atoms with Gasteiger partial charge in [-0.1, -0.05) is 0 Å². The van der Waals surface area contributed by atoms with Gasteiger partial charge in [-0.25, -0.2) is 4.68 Å². The molecule has 5 heteroatoms. The summed E-state index contributed by atoms with van der Waals surface area (Å²) in [6.45, 7) is 5.46. The predicted molar refractivity (Wildman–Crippen MR) is 67.9 cm³/mol. The molecule has 2 rings (SSSR count). The van der Waals surface area contributed by atoms with Crippen LogP contribution in [0.15, 0.2) is 22.8 Å². The zero-order valence-corrected chi connectivity index (χ0v) is 10.5. The minimum absolute atomic E-state index is 0.683. The highest BCUT2D eigenvalue weighted by molar-refractivity contribution is 5.65. The van der Waals surface area contributed by atoms with E-state index in [9.17, 15) is 0 Å². The Morgan fingerprint density at radius 2 is 2.29 bits per heavy atom. The van der Waals surface area contributed by atoms with Crippen LogP contribution in [0.4, 0.5) is 11.5 Å². The van der Waals surface area contributed by atoms with Crippen molar-refractivity contribution in [1.82, 2.24) is 9.78 Å². The Morgan fingerprint density at radius 1 is 1.53 bits per heavy atom. The van der Waals surface area contributed by atoms with E-state index in [0.717, 1.165) is 29.5 Å². The van der Waals surface area contributed by atoms with E-state index in [1.807, 2.05) is 30.8 Å². The van der Waals surface area contributed by atoms with Gasteiger partial charge in [-0.2, -0.15) is 5.10 Å². The molecule has 5 nitrogen and oxygen atoms in total. The monoisotopic (exact) mass is 234 g/mol. The van der Waals surface area contributed by atoms with Gasteiger partial charge in [0.15, 0.2) is 5.82 Å². The minimum Gasteiger partial charge on any atom is -0.467 e. The zero-order chi connectivity index (χ0) is 12.4. The maximum atomic E-state index is 6.05. The SMILES string of the molecule is CCn1nc(C)c(N)c1N(C)Cc1ccco1. The fourth-order valence-corrected chi connectivity index (χ4v) is 1.92. The average Bonchev–Trinajstić information content (AvgIpc) is 2.88. The molecule has 0 aliphatic heterocycles. The number of nitrogens with two attached hydrogens (primary N) is 1. The zero-order valence-electron chi connectivity index (χ0n) is 10.5. The highest BCUT2D eigenvalue weighted by Gasteiger charge is 2.16. The van der Waals surface area contributed by atoms with Crippen molar-refractivity contribution in [3.8, 4) is 0 Å². The third-order valence-corrected chi connectivity index (χ3v) is 2.78. The second-order valence-corrected chi connectivity index (χ2v) is 4.07. The molecule has 0 saturated heterocycles. The van der Waals surface area contributed by atoms with E-state index >= 15 is 0 Å². The van der Waals surface area contributed by atoms with Gasteiger partial charge in [0.05, 0.1) is 24.2 Å². The maximum absolute atomic E-state index is 6.05. The molecule has 0 unspecified atom stereocenters. The number of rotatable bonds is 4. The van der Waals surface area contributed by atoms with Crippen LogP contribution in [0.2, 0.25) is 0 Å². The van der Waals surface area contributed by atoms with Crippen molar-refractivity contribution in [2.24, 2.45) is 0 Å². The van der Waals surface area contributed by atoms with Gasteiger partial charge in [-0.05, 0) is 26.0 Å². The van der Waals surface area contributed by atoms with Crippen molar-refractivity contribution in [3.63, 3.8) is 0 Å². The summed E-state index contributed by atoms with van der Waals surface area (Å²) >= 11 is 0. The van der Waals surface area contributed by atoms with Crippen LogP contribution in [-0.4, -0.2) is 16.8 Å². The highest BCUT2D eigenvalue weighted by Crippen LogP contribution is 2.26. The van der Waals surface area contributed by atoms with Crippen molar-refractivity contribution >= 4 is 11.5 Å². The van der Waals surface area contributed by atoms with Crippen molar-refractivity contribution in [3.05, 3.63) is 29.9 Å². The highest BCUT2D eigenvalue weighted by atomic mass is 16.3. The molecule has 0 saturated carbocycles. The van der Waals surface area contributed by atoms with Gasteiger partial charge < -0.3 is 15.1 Å². The average molecular weight is 234 g/mol. The molecule has 92 valence electrons. The Bertz CT molecular complexity index is 487. The van der Waals surface area contributed by atoms with Gasteiger partial charge in [-0.3, -0.25) is 0 Å². The lowest BCUT2D eigenvalue weighted by Crippen LogP contribution is -2.21. The molecule has 0 aliphatic rings. The summed E-state index contributed by atoms with van der Waals surface area (Å²) in [6, 6.07) is 3.83. The number of furan rings is 1. The van der Waals surface area contributed by atoms with Crippen LogP contribution >= 0.6 is 0 Å². The molecule has 0 fully saturated rings. The Morgan fingerprint density at radius 3 is 2.88 bits per heavy atom. The molecule has 0 aromatic carbocycles. The first-order chi connectivity index (χ1) is 8.13. The smallest absolute Gasteiger partial charge is 0.150 e. The summed E-state index contributed by atoms with van der Waals surface area (Å²) in [5.74, 6) is 1.86. The van der Waals surface area contributed by atoms with Crippen LogP contribution in [0, 0.1) is 6.92 Å². The molecule has 0 bridgehead atoms. The Balaban J connectivity index is 2.26. The van der Waals surface area contributed by atoms with E-state index in [1.54, 1.807) is 6.26 Å². The number of aromatic nitrogens is 2. The topological polar surface area (TPSA) is 60.2 Å². The summed E-state index contributed by atoms with van der Waals surface area (Å²) in [6.07, 6.45) is 1.68. The second kappa shape index (κ2) is 4.53. The van der Waals surface area contributed by atoms with Gasteiger partial charge in [0.25, 0.3) is 0 Å².